The average molecular weight is 488 g/mol. The number of carbonyl (C=O) groups is 3. The van der Waals surface area contributed by atoms with Gasteiger partial charge in [-0.15, -0.1) is 0 Å². The van der Waals surface area contributed by atoms with Crippen molar-refractivity contribution < 1.29 is 19.5 Å². The maximum absolute atomic E-state index is 12.9. The van der Waals surface area contributed by atoms with E-state index in [9.17, 15) is 19.5 Å². The van der Waals surface area contributed by atoms with Crippen molar-refractivity contribution in [2.45, 2.75) is 13.5 Å². The van der Waals surface area contributed by atoms with Crippen molar-refractivity contribution in [3.63, 3.8) is 0 Å². The summed E-state index contributed by atoms with van der Waals surface area (Å²) < 4.78 is 2.16. The summed E-state index contributed by atoms with van der Waals surface area (Å²) in [4.78, 5) is 44.3. The summed E-state index contributed by atoms with van der Waals surface area (Å²) in [5.41, 5.74) is 1.76. The lowest BCUT2D eigenvalue weighted by Crippen LogP contribution is -2.22. The van der Waals surface area contributed by atoms with Gasteiger partial charge in [0.15, 0.2) is 10.6 Å². The minimum atomic E-state index is -1.08. The van der Waals surface area contributed by atoms with Crippen LogP contribution in [0.2, 0.25) is 10.0 Å². The third-order valence-electron chi connectivity index (χ3n) is 4.79. The first-order valence-corrected chi connectivity index (χ1v) is 10.9. The molecular formula is C22H15Cl2N3O4S. The molecule has 0 saturated carbocycles. The molecule has 0 fully saturated rings. The number of hydrogen-bond acceptors (Lipinski definition) is 4. The number of aryl methyl sites for hydroxylation is 1. The first-order valence-electron chi connectivity index (χ1n) is 9.34. The van der Waals surface area contributed by atoms with E-state index in [0.717, 1.165) is 11.3 Å². The molecule has 0 saturated heterocycles. The van der Waals surface area contributed by atoms with Crippen molar-refractivity contribution in [3.05, 3.63) is 85.9 Å². The molecule has 1 amide bonds. The van der Waals surface area contributed by atoms with Crippen LogP contribution in [0.5, 0.6) is 0 Å². The van der Waals surface area contributed by atoms with Crippen molar-refractivity contribution in [1.29, 1.82) is 0 Å². The predicted molar refractivity (Wildman–Crippen MR) is 123 cm³/mol. The Hall–Kier alpha value is -3.20. The molecule has 0 unspecified atom stereocenters. The SMILES string of the molecule is Cc1[nH]c(C(=O)N=c2sc3cc(C(=O)O)ccc3n2CC(=O)c2ccccc2)c(Cl)c1Cl. The fraction of sp³-hybridized carbons (Fsp3) is 0.0909. The van der Waals surface area contributed by atoms with E-state index in [1.165, 1.54) is 12.1 Å². The van der Waals surface area contributed by atoms with Crippen LogP contribution in [-0.2, 0) is 6.54 Å². The second-order valence-corrected chi connectivity index (χ2v) is 8.68. The quantitative estimate of drug-likeness (QED) is 0.387. The topological polar surface area (TPSA) is 105 Å². The van der Waals surface area contributed by atoms with Crippen molar-refractivity contribution in [1.82, 2.24) is 9.55 Å². The molecule has 2 aromatic heterocycles. The zero-order valence-electron chi connectivity index (χ0n) is 16.6. The largest absolute Gasteiger partial charge is 0.478 e. The first kappa shape index (κ1) is 22.0. The number of thiazole rings is 1. The lowest BCUT2D eigenvalue weighted by Gasteiger charge is -2.05. The molecule has 4 aromatic rings. The van der Waals surface area contributed by atoms with Gasteiger partial charge in [0.2, 0.25) is 0 Å². The average Bonchev–Trinajstić information content (AvgIpc) is 3.25. The number of aromatic carboxylic acids is 1. The van der Waals surface area contributed by atoms with Gasteiger partial charge in [0.25, 0.3) is 5.91 Å². The highest BCUT2D eigenvalue weighted by atomic mass is 35.5. The number of Topliss-reactive ketones (excluding diaryl/α,β-unsaturated/α-hetero) is 1. The van der Waals surface area contributed by atoms with Gasteiger partial charge in [-0.2, -0.15) is 4.99 Å². The molecule has 0 aliphatic carbocycles. The van der Waals surface area contributed by atoms with Crippen LogP contribution in [0.3, 0.4) is 0 Å². The molecular weight excluding hydrogens is 473 g/mol. The van der Waals surface area contributed by atoms with E-state index in [-0.39, 0.29) is 38.4 Å². The molecule has 0 radical (unpaired) electrons. The maximum Gasteiger partial charge on any atom is 0.335 e. The third-order valence-corrected chi connectivity index (χ3v) is 6.78. The van der Waals surface area contributed by atoms with E-state index in [0.29, 0.717) is 21.5 Å². The molecule has 7 nitrogen and oxygen atoms in total. The molecule has 2 N–H and O–H groups in total. The zero-order valence-corrected chi connectivity index (χ0v) is 18.9. The lowest BCUT2D eigenvalue weighted by molar-refractivity contribution is 0.0696. The normalized spacial score (nSPS) is 11.8. The molecule has 162 valence electrons. The standard InChI is InChI=1S/C22H15Cl2N3O4S/c1-11-17(23)18(24)19(25-11)20(29)26-22-27(10-15(28)12-5-3-2-4-6-12)14-8-7-13(21(30)31)9-16(14)32-22/h2-9,25H,10H2,1H3,(H,30,31). The fourth-order valence-corrected chi connectivity index (χ4v) is 4.64. The number of nitrogens with zero attached hydrogens (tertiary/aromatic N) is 2. The minimum Gasteiger partial charge on any atom is -0.478 e. The maximum atomic E-state index is 12.9. The summed E-state index contributed by atoms with van der Waals surface area (Å²) in [6, 6.07) is 13.3. The first-order chi connectivity index (χ1) is 15.3. The molecule has 0 aliphatic rings. The van der Waals surface area contributed by atoms with Gasteiger partial charge in [0.05, 0.1) is 32.4 Å². The second-order valence-electron chi connectivity index (χ2n) is 6.92. The summed E-state index contributed by atoms with van der Waals surface area (Å²) in [5, 5.41) is 9.61. The molecule has 10 heteroatoms. The Kier molecular flexibility index (Phi) is 6.01. The Morgan fingerprint density at radius 2 is 1.78 bits per heavy atom. The van der Waals surface area contributed by atoms with Crippen molar-refractivity contribution in [2.75, 3.05) is 0 Å². The third kappa shape index (κ3) is 4.12. The van der Waals surface area contributed by atoms with Crippen LogP contribution in [0, 0.1) is 6.92 Å². The van der Waals surface area contributed by atoms with Crippen LogP contribution < -0.4 is 4.80 Å². The van der Waals surface area contributed by atoms with Gasteiger partial charge in [0.1, 0.15) is 5.69 Å². The highest BCUT2D eigenvalue weighted by Gasteiger charge is 2.19. The van der Waals surface area contributed by atoms with Crippen LogP contribution in [0.1, 0.15) is 36.9 Å². The van der Waals surface area contributed by atoms with Gasteiger partial charge >= 0.3 is 5.97 Å². The smallest absolute Gasteiger partial charge is 0.335 e. The lowest BCUT2D eigenvalue weighted by atomic mass is 10.1. The number of nitrogens with one attached hydrogen (secondary N) is 1. The van der Waals surface area contributed by atoms with Crippen molar-refractivity contribution in [3.8, 4) is 0 Å². The van der Waals surface area contributed by atoms with Gasteiger partial charge in [-0.05, 0) is 25.1 Å². The van der Waals surface area contributed by atoms with Gasteiger partial charge in [-0.3, -0.25) is 9.59 Å². The van der Waals surface area contributed by atoms with Crippen molar-refractivity contribution in [2.24, 2.45) is 4.99 Å². The highest BCUT2D eigenvalue weighted by Crippen LogP contribution is 2.29. The van der Waals surface area contributed by atoms with Crippen LogP contribution in [0.4, 0.5) is 0 Å². The summed E-state index contributed by atoms with van der Waals surface area (Å²) in [6.07, 6.45) is 0. The van der Waals surface area contributed by atoms with E-state index < -0.39 is 11.9 Å². The number of fused-ring (bicyclic) bond motifs is 1. The summed E-state index contributed by atoms with van der Waals surface area (Å²) in [5.74, 6) is -1.92. The molecule has 0 bridgehead atoms. The summed E-state index contributed by atoms with van der Waals surface area (Å²) in [7, 11) is 0. The summed E-state index contributed by atoms with van der Waals surface area (Å²) >= 11 is 13.3. The number of amides is 1. The van der Waals surface area contributed by atoms with Crippen LogP contribution in [0.15, 0.2) is 53.5 Å². The number of carboxylic acids is 1. The van der Waals surface area contributed by atoms with Crippen molar-refractivity contribution >= 4 is 62.4 Å². The number of aromatic amines is 1. The number of rotatable bonds is 5. The molecule has 0 spiro atoms. The number of ketones is 1. The highest BCUT2D eigenvalue weighted by molar-refractivity contribution is 7.16. The number of carbonyl (C=O) groups excluding carboxylic acids is 2. The Labute approximate surface area is 195 Å². The Balaban J connectivity index is 1.86. The van der Waals surface area contributed by atoms with Gasteiger partial charge < -0.3 is 14.7 Å². The van der Waals surface area contributed by atoms with Crippen LogP contribution >= 0.6 is 34.5 Å². The number of benzene rings is 2. The Morgan fingerprint density at radius 3 is 2.41 bits per heavy atom. The fourth-order valence-electron chi connectivity index (χ4n) is 3.17. The molecule has 0 aliphatic heterocycles. The van der Waals surface area contributed by atoms with E-state index >= 15 is 0 Å². The van der Waals surface area contributed by atoms with Gasteiger partial charge in [-0.25, -0.2) is 4.79 Å². The number of H-pyrrole nitrogens is 1. The Morgan fingerprint density at radius 1 is 1.06 bits per heavy atom. The predicted octanol–water partition coefficient (Wildman–Crippen LogP) is 4.97. The molecule has 2 aromatic carbocycles. The van der Waals surface area contributed by atoms with E-state index in [4.69, 9.17) is 23.2 Å². The van der Waals surface area contributed by atoms with Gasteiger partial charge in [0, 0.05) is 11.3 Å². The van der Waals surface area contributed by atoms with E-state index in [1.807, 2.05) is 6.07 Å². The molecule has 2 heterocycles. The number of halogens is 2. The van der Waals surface area contributed by atoms with E-state index in [2.05, 4.69) is 9.98 Å². The van der Waals surface area contributed by atoms with Crippen LogP contribution in [0.25, 0.3) is 10.2 Å². The zero-order chi connectivity index (χ0) is 23.0. The number of hydrogen-bond donors (Lipinski definition) is 2. The molecule has 0 atom stereocenters. The minimum absolute atomic E-state index is 0.0405. The van der Waals surface area contributed by atoms with Crippen LogP contribution in [-0.4, -0.2) is 32.3 Å². The molecule has 4 rings (SSSR count). The molecule has 32 heavy (non-hydrogen) atoms. The van der Waals surface area contributed by atoms with E-state index in [1.54, 1.807) is 41.8 Å². The number of carboxylic acid groups (broad SMARTS) is 1. The second kappa shape index (κ2) is 8.74. The van der Waals surface area contributed by atoms with Gasteiger partial charge in [-0.1, -0.05) is 64.9 Å². The number of aromatic nitrogens is 2. The summed E-state index contributed by atoms with van der Waals surface area (Å²) in [6.45, 7) is 1.59. The Bertz CT molecular complexity index is 1450. The monoisotopic (exact) mass is 487 g/mol.